The van der Waals surface area contributed by atoms with Crippen LogP contribution in [0.1, 0.15) is 31.7 Å². The number of benzene rings is 1. The predicted molar refractivity (Wildman–Crippen MR) is 110 cm³/mol. The maximum atomic E-state index is 12.5. The molecule has 0 aliphatic heterocycles. The zero-order valence-electron chi connectivity index (χ0n) is 15.6. The SMILES string of the molecule is CN(C)C1CCC(n2nc(Nc3ccc(Cl)cc3)c3c(=O)[nH]ccc32)CC1. The van der Waals surface area contributed by atoms with Gasteiger partial charge in [0.25, 0.3) is 5.56 Å². The minimum Gasteiger partial charge on any atom is -0.338 e. The van der Waals surface area contributed by atoms with Crippen LogP contribution in [0.15, 0.2) is 41.3 Å². The molecule has 0 saturated heterocycles. The topological polar surface area (TPSA) is 66.0 Å². The van der Waals surface area contributed by atoms with Gasteiger partial charge in [0.2, 0.25) is 0 Å². The highest BCUT2D eigenvalue weighted by atomic mass is 35.5. The Labute approximate surface area is 163 Å². The molecule has 2 heterocycles. The van der Waals surface area contributed by atoms with E-state index in [1.54, 1.807) is 6.20 Å². The van der Waals surface area contributed by atoms with E-state index in [-0.39, 0.29) is 5.56 Å². The number of halogens is 1. The molecule has 6 nitrogen and oxygen atoms in total. The summed E-state index contributed by atoms with van der Waals surface area (Å²) in [7, 11) is 4.28. The van der Waals surface area contributed by atoms with Gasteiger partial charge in [-0.2, -0.15) is 5.10 Å². The molecule has 1 aliphatic rings. The van der Waals surface area contributed by atoms with Crippen molar-refractivity contribution in [1.82, 2.24) is 19.7 Å². The summed E-state index contributed by atoms with van der Waals surface area (Å²) in [5, 5.41) is 9.35. The summed E-state index contributed by atoms with van der Waals surface area (Å²) < 4.78 is 2.04. The number of hydrogen-bond acceptors (Lipinski definition) is 4. The van der Waals surface area contributed by atoms with Crippen LogP contribution in [0.5, 0.6) is 0 Å². The second-order valence-electron chi connectivity index (χ2n) is 7.42. The number of H-pyrrole nitrogens is 1. The van der Waals surface area contributed by atoms with Gasteiger partial charge in [0, 0.05) is 22.9 Å². The molecule has 0 unspecified atom stereocenters. The number of fused-ring (bicyclic) bond motifs is 1. The molecule has 1 aromatic carbocycles. The molecule has 3 aromatic rings. The van der Waals surface area contributed by atoms with E-state index < -0.39 is 0 Å². The van der Waals surface area contributed by atoms with Gasteiger partial charge in [-0.05, 0) is 70.1 Å². The van der Waals surface area contributed by atoms with Crippen LogP contribution in [-0.2, 0) is 0 Å². The lowest BCUT2D eigenvalue weighted by Crippen LogP contribution is -2.33. The molecule has 142 valence electrons. The van der Waals surface area contributed by atoms with E-state index in [0.717, 1.165) is 36.9 Å². The molecule has 1 fully saturated rings. The molecule has 0 bridgehead atoms. The molecule has 2 N–H and O–H groups in total. The second-order valence-corrected chi connectivity index (χ2v) is 7.85. The standard InChI is InChI=1S/C20H24ClN5O/c1-25(2)15-7-9-16(10-8-15)26-17-11-12-22-20(27)18(17)19(24-26)23-14-5-3-13(21)4-6-14/h3-6,11-12,15-16H,7-10H2,1-2H3,(H,22,27)(H,23,24). The number of hydrogen-bond donors (Lipinski definition) is 2. The Morgan fingerprint density at radius 2 is 1.85 bits per heavy atom. The van der Waals surface area contributed by atoms with E-state index in [1.165, 1.54) is 0 Å². The fraction of sp³-hybridized carbons (Fsp3) is 0.400. The summed E-state index contributed by atoms with van der Waals surface area (Å²) in [5.74, 6) is 0.587. The quantitative estimate of drug-likeness (QED) is 0.707. The number of aromatic nitrogens is 3. The van der Waals surface area contributed by atoms with Gasteiger partial charge >= 0.3 is 0 Å². The molecule has 1 aliphatic carbocycles. The minimum absolute atomic E-state index is 0.128. The van der Waals surface area contributed by atoms with Crippen molar-refractivity contribution in [3.05, 3.63) is 51.9 Å². The van der Waals surface area contributed by atoms with E-state index in [0.29, 0.717) is 28.3 Å². The Balaban J connectivity index is 1.69. The van der Waals surface area contributed by atoms with Gasteiger partial charge in [-0.25, -0.2) is 0 Å². The van der Waals surface area contributed by atoms with Crippen LogP contribution < -0.4 is 10.9 Å². The van der Waals surface area contributed by atoms with Gasteiger partial charge in [-0.15, -0.1) is 0 Å². The predicted octanol–water partition coefficient (Wildman–Crippen LogP) is 4.17. The number of nitrogens with one attached hydrogen (secondary N) is 2. The van der Waals surface area contributed by atoms with Crippen molar-refractivity contribution in [3.8, 4) is 0 Å². The molecule has 2 aromatic heterocycles. The molecule has 0 spiro atoms. The highest BCUT2D eigenvalue weighted by Gasteiger charge is 2.26. The summed E-state index contributed by atoms with van der Waals surface area (Å²) >= 11 is 5.97. The molecule has 4 rings (SSSR count). The molecule has 1 saturated carbocycles. The summed E-state index contributed by atoms with van der Waals surface area (Å²) in [6.07, 6.45) is 6.10. The maximum Gasteiger partial charge on any atom is 0.261 e. The van der Waals surface area contributed by atoms with Crippen LogP contribution in [0.3, 0.4) is 0 Å². The molecular formula is C20H24ClN5O. The third-order valence-corrected chi connectivity index (χ3v) is 5.73. The number of rotatable bonds is 4. The lowest BCUT2D eigenvalue weighted by Gasteiger charge is -2.32. The molecular weight excluding hydrogens is 362 g/mol. The molecule has 0 atom stereocenters. The minimum atomic E-state index is -0.128. The Hall–Kier alpha value is -2.31. The highest BCUT2D eigenvalue weighted by Crippen LogP contribution is 2.34. The smallest absolute Gasteiger partial charge is 0.261 e. The van der Waals surface area contributed by atoms with Crippen LogP contribution in [0.4, 0.5) is 11.5 Å². The maximum absolute atomic E-state index is 12.5. The van der Waals surface area contributed by atoms with Crippen LogP contribution in [0, 0.1) is 0 Å². The average molecular weight is 386 g/mol. The third kappa shape index (κ3) is 3.59. The van der Waals surface area contributed by atoms with E-state index in [9.17, 15) is 4.79 Å². The molecule has 27 heavy (non-hydrogen) atoms. The normalized spacial score (nSPS) is 20.3. The van der Waals surface area contributed by atoms with Crippen molar-refractivity contribution in [3.63, 3.8) is 0 Å². The van der Waals surface area contributed by atoms with Crippen LogP contribution >= 0.6 is 11.6 Å². The fourth-order valence-electron chi connectivity index (χ4n) is 3.95. The highest BCUT2D eigenvalue weighted by molar-refractivity contribution is 6.30. The van der Waals surface area contributed by atoms with Crippen molar-refractivity contribution in [2.45, 2.75) is 37.8 Å². The first kappa shape index (κ1) is 18.1. The Kier molecular flexibility index (Phi) is 4.93. The number of nitrogens with zero attached hydrogens (tertiary/aromatic N) is 3. The summed E-state index contributed by atoms with van der Waals surface area (Å²) in [6, 6.07) is 10.3. The van der Waals surface area contributed by atoms with Crippen molar-refractivity contribution >= 4 is 34.0 Å². The van der Waals surface area contributed by atoms with Crippen molar-refractivity contribution in [2.75, 3.05) is 19.4 Å². The van der Waals surface area contributed by atoms with E-state index in [4.69, 9.17) is 16.7 Å². The van der Waals surface area contributed by atoms with Crippen LogP contribution in [0.2, 0.25) is 5.02 Å². The monoisotopic (exact) mass is 385 g/mol. The first-order chi connectivity index (χ1) is 13.0. The lowest BCUT2D eigenvalue weighted by atomic mass is 9.90. The van der Waals surface area contributed by atoms with Gasteiger partial charge in [0.15, 0.2) is 5.82 Å². The summed E-state index contributed by atoms with van der Waals surface area (Å²) in [4.78, 5) is 17.6. The zero-order chi connectivity index (χ0) is 19.0. The molecule has 7 heteroatoms. The van der Waals surface area contributed by atoms with Crippen molar-refractivity contribution in [1.29, 1.82) is 0 Å². The Bertz CT molecular complexity index is 984. The second kappa shape index (κ2) is 7.37. The first-order valence-corrected chi connectivity index (χ1v) is 9.69. The average Bonchev–Trinajstić information content (AvgIpc) is 3.03. The van der Waals surface area contributed by atoms with Crippen LogP contribution in [-0.4, -0.2) is 39.8 Å². The lowest BCUT2D eigenvalue weighted by molar-refractivity contribution is 0.191. The van der Waals surface area contributed by atoms with Crippen molar-refractivity contribution in [2.24, 2.45) is 0 Å². The Morgan fingerprint density at radius 3 is 2.52 bits per heavy atom. The number of aromatic amines is 1. The largest absolute Gasteiger partial charge is 0.338 e. The number of anilines is 2. The zero-order valence-corrected chi connectivity index (χ0v) is 16.3. The molecule has 0 amide bonds. The summed E-state index contributed by atoms with van der Waals surface area (Å²) in [6.45, 7) is 0. The van der Waals surface area contributed by atoms with Crippen LogP contribution in [0.25, 0.3) is 10.9 Å². The van der Waals surface area contributed by atoms with E-state index in [2.05, 4.69) is 29.3 Å². The number of pyridine rings is 1. The molecule has 0 radical (unpaired) electrons. The van der Waals surface area contributed by atoms with Gasteiger partial charge in [-0.1, -0.05) is 11.6 Å². The van der Waals surface area contributed by atoms with E-state index in [1.807, 2.05) is 35.0 Å². The van der Waals surface area contributed by atoms with Gasteiger partial charge in [0.1, 0.15) is 5.39 Å². The Morgan fingerprint density at radius 1 is 1.15 bits per heavy atom. The van der Waals surface area contributed by atoms with Gasteiger partial charge in [-0.3, -0.25) is 9.48 Å². The first-order valence-electron chi connectivity index (χ1n) is 9.32. The van der Waals surface area contributed by atoms with E-state index >= 15 is 0 Å². The van der Waals surface area contributed by atoms with Crippen molar-refractivity contribution < 1.29 is 0 Å². The van der Waals surface area contributed by atoms with Gasteiger partial charge in [0.05, 0.1) is 11.6 Å². The summed E-state index contributed by atoms with van der Waals surface area (Å²) in [5.41, 5.74) is 1.60. The third-order valence-electron chi connectivity index (χ3n) is 5.48. The fourth-order valence-corrected chi connectivity index (χ4v) is 4.08. The van der Waals surface area contributed by atoms with Gasteiger partial charge < -0.3 is 15.2 Å².